The SMILES string of the molecule is CNC(=O)c1[nH]cnc1C(=O)Nc1ccc(NC(=O)c2c(Cl)cccc2C(F)(F)F)cc1. The normalized spacial score (nSPS) is 11.0. The average Bonchev–Trinajstić information content (AvgIpc) is 3.23. The van der Waals surface area contributed by atoms with Gasteiger partial charge in [0, 0.05) is 18.4 Å². The van der Waals surface area contributed by atoms with Crippen molar-refractivity contribution in [3.63, 3.8) is 0 Å². The first kappa shape index (κ1) is 22.8. The van der Waals surface area contributed by atoms with Gasteiger partial charge in [-0.05, 0) is 36.4 Å². The highest BCUT2D eigenvalue weighted by molar-refractivity contribution is 6.34. The summed E-state index contributed by atoms with van der Waals surface area (Å²) in [4.78, 5) is 42.9. The maximum absolute atomic E-state index is 13.2. The molecule has 12 heteroatoms. The lowest BCUT2D eigenvalue weighted by molar-refractivity contribution is -0.137. The van der Waals surface area contributed by atoms with Gasteiger partial charge >= 0.3 is 6.18 Å². The Morgan fingerprint density at radius 2 is 1.53 bits per heavy atom. The second-order valence-electron chi connectivity index (χ2n) is 6.35. The number of anilines is 2. The molecule has 3 amide bonds. The molecule has 32 heavy (non-hydrogen) atoms. The van der Waals surface area contributed by atoms with Crippen molar-refractivity contribution in [2.45, 2.75) is 6.18 Å². The molecule has 0 radical (unpaired) electrons. The zero-order valence-electron chi connectivity index (χ0n) is 16.3. The van der Waals surface area contributed by atoms with Gasteiger partial charge in [-0.15, -0.1) is 0 Å². The van der Waals surface area contributed by atoms with Gasteiger partial charge in [-0.2, -0.15) is 13.2 Å². The second-order valence-corrected chi connectivity index (χ2v) is 6.76. The maximum atomic E-state index is 13.2. The van der Waals surface area contributed by atoms with E-state index in [1.807, 2.05) is 0 Å². The number of carbonyl (C=O) groups excluding carboxylic acids is 3. The molecule has 0 spiro atoms. The molecule has 3 rings (SSSR count). The molecule has 0 saturated carbocycles. The quantitative estimate of drug-likeness (QED) is 0.456. The number of nitrogens with one attached hydrogen (secondary N) is 4. The third-order valence-corrected chi connectivity index (χ3v) is 4.57. The molecule has 166 valence electrons. The van der Waals surface area contributed by atoms with Gasteiger partial charge in [0.25, 0.3) is 17.7 Å². The van der Waals surface area contributed by atoms with Gasteiger partial charge in [0.15, 0.2) is 5.69 Å². The molecule has 0 aliphatic heterocycles. The van der Waals surface area contributed by atoms with Crippen LogP contribution in [0.25, 0.3) is 0 Å². The molecule has 8 nitrogen and oxygen atoms in total. The van der Waals surface area contributed by atoms with Crippen LogP contribution in [0.15, 0.2) is 48.8 Å². The molecule has 1 aromatic heterocycles. The highest BCUT2D eigenvalue weighted by Gasteiger charge is 2.36. The number of hydrogen-bond acceptors (Lipinski definition) is 4. The van der Waals surface area contributed by atoms with Crippen LogP contribution < -0.4 is 16.0 Å². The Morgan fingerprint density at radius 3 is 2.09 bits per heavy atom. The van der Waals surface area contributed by atoms with Gasteiger partial charge in [-0.1, -0.05) is 17.7 Å². The molecule has 0 fully saturated rings. The zero-order chi connectivity index (χ0) is 23.5. The van der Waals surface area contributed by atoms with E-state index in [1.54, 1.807) is 0 Å². The monoisotopic (exact) mass is 465 g/mol. The van der Waals surface area contributed by atoms with Crippen LogP contribution >= 0.6 is 11.6 Å². The van der Waals surface area contributed by atoms with Crippen LogP contribution in [0.4, 0.5) is 24.5 Å². The van der Waals surface area contributed by atoms with Crippen LogP contribution in [0.5, 0.6) is 0 Å². The number of rotatable bonds is 5. The van der Waals surface area contributed by atoms with E-state index in [1.165, 1.54) is 43.7 Å². The van der Waals surface area contributed by atoms with E-state index in [0.29, 0.717) is 5.69 Å². The van der Waals surface area contributed by atoms with Crippen molar-refractivity contribution in [1.82, 2.24) is 15.3 Å². The van der Waals surface area contributed by atoms with Crippen molar-refractivity contribution in [3.8, 4) is 0 Å². The number of nitrogens with zero attached hydrogens (tertiary/aromatic N) is 1. The number of hydrogen-bond donors (Lipinski definition) is 4. The fourth-order valence-electron chi connectivity index (χ4n) is 2.78. The van der Waals surface area contributed by atoms with Crippen molar-refractivity contribution in [1.29, 1.82) is 0 Å². The predicted molar refractivity (Wildman–Crippen MR) is 111 cm³/mol. The molecule has 0 aliphatic carbocycles. The van der Waals surface area contributed by atoms with Crippen LogP contribution in [-0.2, 0) is 6.18 Å². The summed E-state index contributed by atoms with van der Waals surface area (Å²) >= 11 is 5.83. The Labute approximate surface area is 184 Å². The van der Waals surface area contributed by atoms with Crippen LogP contribution in [0.3, 0.4) is 0 Å². The van der Waals surface area contributed by atoms with E-state index in [2.05, 4.69) is 25.9 Å². The Morgan fingerprint density at radius 1 is 0.938 bits per heavy atom. The number of aromatic nitrogens is 2. The minimum atomic E-state index is -4.76. The van der Waals surface area contributed by atoms with Crippen molar-refractivity contribution >= 4 is 40.7 Å². The number of H-pyrrole nitrogens is 1. The first-order valence-electron chi connectivity index (χ1n) is 8.95. The highest BCUT2D eigenvalue weighted by Crippen LogP contribution is 2.35. The fourth-order valence-corrected chi connectivity index (χ4v) is 3.04. The van der Waals surface area contributed by atoms with E-state index < -0.39 is 35.0 Å². The van der Waals surface area contributed by atoms with Gasteiger partial charge < -0.3 is 20.9 Å². The summed E-state index contributed by atoms with van der Waals surface area (Å²) in [5.41, 5.74) is -1.52. The third kappa shape index (κ3) is 4.89. The largest absolute Gasteiger partial charge is 0.417 e. The van der Waals surface area contributed by atoms with Gasteiger partial charge in [0.1, 0.15) is 5.69 Å². The van der Waals surface area contributed by atoms with Crippen LogP contribution in [0.2, 0.25) is 5.02 Å². The zero-order valence-corrected chi connectivity index (χ0v) is 17.1. The van der Waals surface area contributed by atoms with Crippen LogP contribution in [0.1, 0.15) is 36.9 Å². The lowest BCUT2D eigenvalue weighted by atomic mass is 10.1. The van der Waals surface area contributed by atoms with Gasteiger partial charge in [-0.3, -0.25) is 14.4 Å². The number of aromatic amines is 1. The lowest BCUT2D eigenvalue weighted by Gasteiger charge is -2.14. The van der Waals surface area contributed by atoms with Gasteiger partial charge in [0.2, 0.25) is 0 Å². The maximum Gasteiger partial charge on any atom is 0.417 e. The molecule has 0 bridgehead atoms. The van der Waals surface area contributed by atoms with Gasteiger partial charge in [0.05, 0.1) is 22.5 Å². The number of imidazole rings is 1. The molecular formula is C20H15ClF3N5O3. The topological polar surface area (TPSA) is 116 Å². The molecule has 2 aromatic carbocycles. The van der Waals surface area contributed by atoms with Crippen molar-refractivity contribution in [2.75, 3.05) is 17.7 Å². The summed E-state index contributed by atoms with van der Waals surface area (Å²) in [5.74, 6) is -2.22. The molecule has 4 N–H and O–H groups in total. The van der Waals surface area contributed by atoms with E-state index in [-0.39, 0.29) is 22.1 Å². The van der Waals surface area contributed by atoms with E-state index in [9.17, 15) is 27.6 Å². The highest BCUT2D eigenvalue weighted by atomic mass is 35.5. The number of amides is 3. The first-order valence-corrected chi connectivity index (χ1v) is 9.33. The third-order valence-electron chi connectivity index (χ3n) is 4.26. The van der Waals surface area contributed by atoms with Crippen molar-refractivity contribution in [3.05, 3.63) is 76.3 Å². The van der Waals surface area contributed by atoms with Crippen LogP contribution in [0, 0.1) is 0 Å². The predicted octanol–water partition coefficient (Wildman–Crippen LogP) is 3.95. The minimum Gasteiger partial charge on any atom is -0.354 e. The molecule has 0 saturated heterocycles. The Kier molecular flexibility index (Phi) is 6.49. The van der Waals surface area contributed by atoms with E-state index in [0.717, 1.165) is 12.1 Å². The molecule has 0 unspecified atom stereocenters. The summed E-state index contributed by atoms with van der Waals surface area (Å²) in [6.07, 6.45) is -3.56. The smallest absolute Gasteiger partial charge is 0.354 e. The summed E-state index contributed by atoms with van der Waals surface area (Å²) in [6.45, 7) is 0. The minimum absolute atomic E-state index is 0.0194. The molecular weight excluding hydrogens is 451 g/mol. The summed E-state index contributed by atoms with van der Waals surface area (Å²) in [5, 5.41) is 6.91. The number of halogens is 4. The van der Waals surface area contributed by atoms with E-state index in [4.69, 9.17) is 11.6 Å². The fraction of sp³-hybridized carbons (Fsp3) is 0.100. The number of benzene rings is 2. The Balaban J connectivity index is 1.74. The van der Waals surface area contributed by atoms with Gasteiger partial charge in [-0.25, -0.2) is 4.98 Å². The second kappa shape index (κ2) is 9.10. The first-order chi connectivity index (χ1) is 15.1. The molecule has 0 aliphatic rings. The lowest BCUT2D eigenvalue weighted by Crippen LogP contribution is -2.23. The molecule has 0 atom stereocenters. The number of alkyl halides is 3. The van der Waals surface area contributed by atoms with Crippen molar-refractivity contribution in [2.24, 2.45) is 0 Å². The average molecular weight is 466 g/mol. The Hall–Kier alpha value is -3.86. The van der Waals surface area contributed by atoms with Crippen molar-refractivity contribution < 1.29 is 27.6 Å². The summed E-state index contributed by atoms with van der Waals surface area (Å²) < 4.78 is 39.6. The molecule has 3 aromatic rings. The number of carbonyl (C=O) groups is 3. The summed E-state index contributed by atoms with van der Waals surface area (Å²) in [7, 11) is 1.40. The van der Waals surface area contributed by atoms with E-state index >= 15 is 0 Å². The molecule has 1 heterocycles. The standard InChI is InChI=1S/C20H15ClF3N5O3/c1-25-18(31)15-16(27-9-26-15)19(32)29-11-7-5-10(6-8-11)28-17(30)14-12(20(22,23)24)3-2-4-13(14)21/h2-9H,1H3,(H,25,31)(H,26,27)(H,28,30)(H,29,32). The Bertz CT molecular complexity index is 1180. The van der Waals surface area contributed by atoms with Crippen LogP contribution in [-0.4, -0.2) is 34.7 Å². The summed E-state index contributed by atoms with van der Waals surface area (Å²) in [6, 6.07) is 8.64.